The number of hydrogen-bond acceptors (Lipinski definition) is 3. The number of piperidine rings is 1. The Labute approximate surface area is 101 Å². The average Bonchev–Trinajstić information content (AvgIpc) is 2.20. The quantitative estimate of drug-likeness (QED) is 0.288. The van der Waals surface area contributed by atoms with E-state index < -0.39 is 0 Å². The van der Waals surface area contributed by atoms with Gasteiger partial charge in [-0.25, -0.2) is 0 Å². The molecule has 14 heavy (non-hydrogen) atoms. The van der Waals surface area contributed by atoms with Gasteiger partial charge in [-0.15, -0.1) is 0 Å². The minimum absolute atomic E-state index is 0.144. The molecule has 1 aliphatic heterocycles. The number of hydrogen-bond donors (Lipinski definition) is 2. The Kier molecular flexibility index (Phi) is 5.10. The van der Waals surface area contributed by atoms with E-state index in [1.165, 1.54) is 17.9 Å². The fourth-order valence-corrected chi connectivity index (χ4v) is 2.41. The Balaban J connectivity index is 2.38. The van der Waals surface area contributed by atoms with Crippen LogP contribution in [0.2, 0.25) is 0 Å². The Morgan fingerprint density at radius 2 is 2.43 bits per heavy atom. The summed E-state index contributed by atoms with van der Waals surface area (Å²) >= 11 is 0.461. The molecular weight excluding hydrogens is 372 g/mol. The van der Waals surface area contributed by atoms with E-state index in [0.29, 0.717) is 38.7 Å². The molecule has 3 N–H and O–H groups in total. The Bertz CT molecular complexity index is 202. The standard InChI is InChI=1S/C8H18N4O.Tl/c1-11-5-3-2-4-7(11)6-12(10)8(9)13;/h7H,2-6,10H2,1H3,(H2,9,13);/q;+1/p-1/t7-;/m0./s1. The summed E-state index contributed by atoms with van der Waals surface area (Å²) in [5.74, 6) is 5.64. The predicted octanol–water partition coefficient (Wildman–Crippen LogP) is -0.560. The molecule has 0 saturated carbocycles. The van der Waals surface area contributed by atoms with Crippen molar-refractivity contribution >= 4 is 32.1 Å². The van der Waals surface area contributed by atoms with E-state index in [4.69, 9.17) is 5.84 Å². The molecule has 0 spiro atoms. The van der Waals surface area contributed by atoms with Crippen molar-refractivity contribution in [1.29, 1.82) is 0 Å². The zero-order valence-electron chi connectivity index (χ0n) is 8.57. The van der Waals surface area contributed by atoms with Gasteiger partial charge in [0.1, 0.15) is 0 Å². The SMILES string of the molecule is CN1CCCC[C@H]1CN(N)C(=O)[NH][Tl]. The molecule has 0 aromatic rings. The van der Waals surface area contributed by atoms with E-state index in [1.807, 2.05) is 0 Å². The second kappa shape index (κ2) is 5.86. The van der Waals surface area contributed by atoms with E-state index >= 15 is 0 Å². The van der Waals surface area contributed by atoms with Crippen LogP contribution in [0.4, 0.5) is 4.79 Å². The summed E-state index contributed by atoms with van der Waals surface area (Å²) in [6, 6.07) is 0.282. The van der Waals surface area contributed by atoms with Crippen LogP contribution in [0.1, 0.15) is 19.3 Å². The zero-order chi connectivity index (χ0) is 10.6. The molecule has 0 aromatic carbocycles. The van der Waals surface area contributed by atoms with Gasteiger partial charge in [0.05, 0.1) is 0 Å². The number of nitrogens with one attached hydrogen (secondary N) is 1. The Morgan fingerprint density at radius 3 is 3.00 bits per heavy atom. The van der Waals surface area contributed by atoms with Crippen LogP contribution in [0, 0.1) is 0 Å². The molecule has 0 unspecified atom stereocenters. The maximum absolute atomic E-state index is 11.2. The third kappa shape index (κ3) is 3.36. The third-order valence-electron chi connectivity index (χ3n) is 2.71. The first kappa shape index (κ1) is 12.2. The van der Waals surface area contributed by atoms with Crippen LogP contribution < -0.4 is 8.97 Å². The monoisotopic (exact) mass is 390 g/mol. The van der Waals surface area contributed by atoms with Crippen LogP contribution in [0.5, 0.6) is 0 Å². The first-order chi connectivity index (χ1) is 6.65. The molecule has 1 saturated heterocycles. The van der Waals surface area contributed by atoms with Crippen molar-refractivity contribution in [2.24, 2.45) is 5.84 Å². The van der Waals surface area contributed by atoms with E-state index in [1.54, 1.807) is 0 Å². The molecule has 1 atom stereocenters. The van der Waals surface area contributed by atoms with Crippen molar-refractivity contribution in [3.63, 3.8) is 0 Å². The van der Waals surface area contributed by atoms with E-state index in [0.717, 1.165) is 13.0 Å². The second-order valence-corrected chi connectivity index (χ2v) is 4.85. The molecule has 0 radical (unpaired) electrons. The second-order valence-electron chi connectivity index (χ2n) is 3.73. The van der Waals surface area contributed by atoms with Crippen LogP contribution >= 0.6 is 0 Å². The van der Waals surface area contributed by atoms with Crippen LogP contribution in [-0.2, 0) is 0 Å². The Hall–Kier alpha value is 0.112. The van der Waals surface area contributed by atoms with Crippen LogP contribution in [0.3, 0.4) is 0 Å². The molecule has 78 valence electrons. The molecule has 1 aliphatic rings. The number of likely N-dealkylation sites (N-methyl/N-ethyl adjacent to an activating group) is 1. The van der Waals surface area contributed by atoms with E-state index in [-0.39, 0.29) is 6.03 Å². The van der Waals surface area contributed by atoms with Gasteiger partial charge in [0.25, 0.3) is 0 Å². The van der Waals surface area contributed by atoms with Crippen molar-refractivity contribution in [2.45, 2.75) is 25.3 Å². The molecule has 1 fully saturated rings. The van der Waals surface area contributed by atoms with Gasteiger partial charge < -0.3 is 0 Å². The molecule has 6 heteroatoms. The molecule has 1 heterocycles. The van der Waals surface area contributed by atoms with Gasteiger partial charge in [-0.3, -0.25) is 0 Å². The summed E-state index contributed by atoms with van der Waals surface area (Å²) in [6.07, 6.45) is 3.64. The van der Waals surface area contributed by atoms with Gasteiger partial charge in [0.2, 0.25) is 0 Å². The summed E-state index contributed by atoms with van der Waals surface area (Å²) in [7, 11) is 2.10. The number of urea groups is 1. The number of nitrogens with zero attached hydrogens (tertiary/aromatic N) is 2. The first-order valence-corrected chi connectivity index (χ1v) is 7.12. The fraction of sp³-hybridized carbons (Fsp3) is 0.875. The number of rotatable bonds is 2. The summed E-state index contributed by atoms with van der Waals surface area (Å²) in [4.78, 5) is 13.5. The minimum atomic E-state index is -0.144. The topological polar surface area (TPSA) is 61.6 Å². The summed E-state index contributed by atoms with van der Waals surface area (Å²) in [6.45, 7) is 1.75. The number of hydrazine groups is 1. The molecule has 1 rings (SSSR count). The van der Waals surface area contributed by atoms with Gasteiger partial charge in [-0.05, 0) is 0 Å². The predicted molar refractivity (Wildman–Crippen MR) is 55.4 cm³/mol. The third-order valence-corrected chi connectivity index (χ3v) is 3.67. The molecule has 0 aromatic heterocycles. The van der Waals surface area contributed by atoms with Crippen molar-refractivity contribution < 1.29 is 4.79 Å². The number of likely N-dealkylation sites (tertiary alicyclic amines) is 1. The zero-order valence-corrected chi connectivity index (χ0v) is 13.1. The number of carbonyl (C=O) groups excluding carboxylic acids is 1. The Morgan fingerprint density at radius 1 is 1.71 bits per heavy atom. The van der Waals surface area contributed by atoms with Crippen LogP contribution in [-0.4, -0.2) is 68.2 Å². The van der Waals surface area contributed by atoms with Gasteiger partial charge in [0.15, 0.2) is 0 Å². The van der Waals surface area contributed by atoms with Crippen molar-refractivity contribution in [3.05, 3.63) is 0 Å². The first-order valence-electron chi connectivity index (χ1n) is 4.88. The fourth-order valence-electron chi connectivity index (χ4n) is 1.77. The van der Waals surface area contributed by atoms with Crippen molar-refractivity contribution in [2.75, 3.05) is 20.1 Å². The maximum atomic E-state index is 11.2. The summed E-state index contributed by atoms with van der Waals surface area (Å²) in [5, 5.41) is 1.30. The summed E-state index contributed by atoms with van der Waals surface area (Å²) in [5.41, 5.74) is 0. The van der Waals surface area contributed by atoms with E-state index in [2.05, 4.69) is 15.1 Å². The molecule has 2 amide bonds. The van der Waals surface area contributed by atoms with E-state index in [9.17, 15) is 4.79 Å². The van der Waals surface area contributed by atoms with Crippen LogP contribution in [0.25, 0.3) is 0 Å². The molecule has 5 nitrogen and oxygen atoms in total. The van der Waals surface area contributed by atoms with Crippen molar-refractivity contribution in [1.82, 2.24) is 13.0 Å². The normalized spacial score (nSPS) is 23.1. The number of carbonyl (C=O) groups is 1. The van der Waals surface area contributed by atoms with Crippen LogP contribution in [0.15, 0.2) is 0 Å². The van der Waals surface area contributed by atoms with Gasteiger partial charge in [-0.2, -0.15) is 0 Å². The summed E-state index contributed by atoms with van der Waals surface area (Å²) < 4.78 is 2.68. The number of nitrogens with two attached hydrogens (primary N) is 1. The molecular formula is C8H17N4OTl. The molecule has 0 aliphatic carbocycles. The van der Waals surface area contributed by atoms with Gasteiger partial charge in [-0.1, -0.05) is 0 Å². The number of amides is 2. The molecule has 0 bridgehead atoms. The van der Waals surface area contributed by atoms with Gasteiger partial charge in [0, 0.05) is 0 Å². The van der Waals surface area contributed by atoms with Crippen molar-refractivity contribution in [3.8, 4) is 0 Å². The average molecular weight is 390 g/mol. The van der Waals surface area contributed by atoms with Gasteiger partial charge >= 0.3 is 101 Å².